The highest BCUT2D eigenvalue weighted by Gasteiger charge is 2.53. The zero-order valence-corrected chi connectivity index (χ0v) is 10.7. The summed E-state index contributed by atoms with van der Waals surface area (Å²) < 4.78 is 0. The van der Waals surface area contributed by atoms with Gasteiger partial charge in [0.25, 0.3) is 0 Å². The number of fused-ring (bicyclic) bond motifs is 3. The van der Waals surface area contributed by atoms with Gasteiger partial charge in [-0.2, -0.15) is 0 Å². The van der Waals surface area contributed by atoms with Crippen molar-refractivity contribution in [2.24, 2.45) is 23.7 Å². The molecule has 0 spiro atoms. The lowest BCUT2D eigenvalue weighted by Gasteiger charge is -2.34. The molecule has 0 aromatic heterocycles. The molecule has 3 saturated heterocycles. The van der Waals surface area contributed by atoms with E-state index >= 15 is 0 Å². The van der Waals surface area contributed by atoms with Crippen molar-refractivity contribution in [3.05, 3.63) is 0 Å². The predicted octanol–water partition coefficient (Wildman–Crippen LogP) is 1.12. The molecule has 0 saturated carbocycles. The van der Waals surface area contributed by atoms with Crippen molar-refractivity contribution in [3.8, 4) is 0 Å². The van der Waals surface area contributed by atoms with Crippen LogP contribution in [-0.2, 0) is 0 Å². The molecule has 3 heterocycles. The predicted molar refractivity (Wildman–Crippen MR) is 65.9 cm³/mol. The van der Waals surface area contributed by atoms with Gasteiger partial charge in [0.15, 0.2) is 0 Å². The first-order chi connectivity index (χ1) is 7.68. The highest BCUT2D eigenvalue weighted by molar-refractivity contribution is 5.06. The third-order valence-corrected chi connectivity index (χ3v) is 4.98. The van der Waals surface area contributed by atoms with Gasteiger partial charge in [-0.1, -0.05) is 13.8 Å². The Labute approximate surface area is 98.8 Å². The van der Waals surface area contributed by atoms with Crippen molar-refractivity contribution in [2.75, 3.05) is 6.54 Å². The number of rotatable bonds is 1. The molecule has 3 rings (SSSR count). The molecule has 0 amide bonds. The molecule has 0 bridgehead atoms. The SMILES string of the molecule is CC(C)C1C(C)NC2NC3NCCCC3C21. The molecule has 3 heteroatoms. The van der Waals surface area contributed by atoms with Gasteiger partial charge in [0.05, 0.1) is 12.3 Å². The minimum atomic E-state index is 0.558. The third-order valence-electron chi connectivity index (χ3n) is 4.98. The summed E-state index contributed by atoms with van der Waals surface area (Å²) in [6, 6.07) is 0.672. The molecular formula is C13H25N3. The van der Waals surface area contributed by atoms with E-state index in [9.17, 15) is 0 Å². The lowest BCUT2D eigenvalue weighted by Crippen LogP contribution is -2.50. The Morgan fingerprint density at radius 3 is 2.69 bits per heavy atom. The van der Waals surface area contributed by atoms with Gasteiger partial charge < -0.3 is 5.32 Å². The largest absolute Gasteiger partial charge is 0.302 e. The van der Waals surface area contributed by atoms with Crippen molar-refractivity contribution >= 4 is 0 Å². The van der Waals surface area contributed by atoms with E-state index in [0.29, 0.717) is 18.4 Å². The standard InChI is InChI=1S/C13H25N3/c1-7(2)10-8(3)15-13-11(10)9-5-4-6-14-12(9)16-13/h7-16H,4-6H2,1-3H3. The molecule has 92 valence electrons. The number of hydrogen-bond donors (Lipinski definition) is 3. The zero-order valence-electron chi connectivity index (χ0n) is 10.7. The van der Waals surface area contributed by atoms with Crippen molar-refractivity contribution < 1.29 is 0 Å². The summed E-state index contributed by atoms with van der Waals surface area (Å²) in [6.07, 6.45) is 3.89. The molecule has 3 N–H and O–H groups in total. The van der Waals surface area contributed by atoms with Crippen LogP contribution in [0.4, 0.5) is 0 Å². The molecule has 3 aliphatic heterocycles. The summed E-state index contributed by atoms with van der Waals surface area (Å²) in [5.41, 5.74) is 0. The summed E-state index contributed by atoms with van der Waals surface area (Å²) in [7, 11) is 0. The summed E-state index contributed by atoms with van der Waals surface area (Å²) >= 11 is 0. The van der Waals surface area contributed by atoms with E-state index in [0.717, 1.165) is 23.7 Å². The van der Waals surface area contributed by atoms with Crippen molar-refractivity contribution in [3.63, 3.8) is 0 Å². The first-order valence-electron chi connectivity index (χ1n) is 6.94. The van der Waals surface area contributed by atoms with Gasteiger partial charge in [-0.15, -0.1) is 0 Å². The van der Waals surface area contributed by atoms with Crippen molar-refractivity contribution in [2.45, 2.75) is 52.0 Å². The van der Waals surface area contributed by atoms with Gasteiger partial charge in [-0.25, -0.2) is 0 Å². The third kappa shape index (κ3) is 1.52. The molecular weight excluding hydrogens is 198 g/mol. The minimum absolute atomic E-state index is 0.558. The van der Waals surface area contributed by atoms with Crippen LogP contribution in [0, 0.1) is 23.7 Å². The Morgan fingerprint density at radius 1 is 1.12 bits per heavy atom. The highest BCUT2D eigenvalue weighted by atomic mass is 15.3. The van der Waals surface area contributed by atoms with Crippen molar-refractivity contribution in [1.82, 2.24) is 16.0 Å². The second-order valence-electron chi connectivity index (χ2n) is 6.24. The smallest absolute Gasteiger partial charge is 0.0622 e. The van der Waals surface area contributed by atoms with Crippen LogP contribution in [-0.4, -0.2) is 24.9 Å². The molecule has 6 atom stereocenters. The van der Waals surface area contributed by atoms with E-state index in [4.69, 9.17) is 0 Å². The van der Waals surface area contributed by atoms with E-state index in [1.165, 1.54) is 19.4 Å². The van der Waals surface area contributed by atoms with Crippen LogP contribution in [0.5, 0.6) is 0 Å². The van der Waals surface area contributed by atoms with E-state index in [-0.39, 0.29) is 0 Å². The van der Waals surface area contributed by atoms with E-state index in [1.807, 2.05) is 0 Å². The van der Waals surface area contributed by atoms with Crippen LogP contribution in [0.1, 0.15) is 33.6 Å². The monoisotopic (exact) mass is 223 g/mol. The number of nitrogens with one attached hydrogen (secondary N) is 3. The summed E-state index contributed by atoms with van der Waals surface area (Å²) in [5.74, 6) is 3.32. The van der Waals surface area contributed by atoms with E-state index < -0.39 is 0 Å². The van der Waals surface area contributed by atoms with Crippen LogP contribution in [0.25, 0.3) is 0 Å². The molecule has 16 heavy (non-hydrogen) atoms. The second kappa shape index (κ2) is 3.97. The lowest BCUT2D eigenvalue weighted by atomic mass is 9.73. The lowest BCUT2D eigenvalue weighted by molar-refractivity contribution is 0.173. The normalized spacial score (nSPS) is 51.8. The van der Waals surface area contributed by atoms with Gasteiger partial charge in [0.1, 0.15) is 0 Å². The number of hydrogen-bond acceptors (Lipinski definition) is 3. The Bertz CT molecular complexity index is 266. The van der Waals surface area contributed by atoms with Gasteiger partial charge in [-0.3, -0.25) is 10.6 Å². The van der Waals surface area contributed by atoms with Crippen molar-refractivity contribution in [1.29, 1.82) is 0 Å². The fraction of sp³-hybridized carbons (Fsp3) is 1.00. The molecule has 3 fully saturated rings. The molecule has 3 aliphatic rings. The molecule has 0 aromatic rings. The van der Waals surface area contributed by atoms with E-state index in [1.54, 1.807) is 0 Å². The molecule has 0 aromatic carbocycles. The van der Waals surface area contributed by atoms with Gasteiger partial charge in [0, 0.05) is 6.04 Å². The van der Waals surface area contributed by atoms with Gasteiger partial charge >= 0.3 is 0 Å². The van der Waals surface area contributed by atoms with Crippen LogP contribution in [0.15, 0.2) is 0 Å². The van der Waals surface area contributed by atoms with Gasteiger partial charge in [0.2, 0.25) is 0 Å². The first-order valence-corrected chi connectivity index (χ1v) is 6.94. The van der Waals surface area contributed by atoms with Crippen LogP contribution in [0.2, 0.25) is 0 Å². The summed E-state index contributed by atoms with van der Waals surface area (Å²) in [6.45, 7) is 8.31. The van der Waals surface area contributed by atoms with Crippen LogP contribution < -0.4 is 16.0 Å². The maximum atomic E-state index is 3.75. The average molecular weight is 223 g/mol. The summed E-state index contributed by atoms with van der Waals surface area (Å²) in [5, 5.41) is 11.1. The quantitative estimate of drug-likeness (QED) is 0.623. The van der Waals surface area contributed by atoms with E-state index in [2.05, 4.69) is 36.7 Å². The highest BCUT2D eigenvalue weighted by Crippen LogP contribution is 2.44. The maximum absolute atomic E-state index is 3.75. The van der Waals surface area contributed by atoms with Crippen LogP contribution in [0.3, 0.4) is 0 Å². The minimum Gasteiger partial charge on any atom is -0.302 e. The Morgan fingerprint density at radius 2 is 1.94 bits per heavy atom. The Kier molecular flexibility index (Phi) is 2.73. The molecule has 0 aliphatic carbocycles. The fourth-order valence-corrected chi connectivity index (χ4v) is 4.48. The zero-order chi connectivity index (χ0) is 11.3. The average Bonchev–Trinajstić information content (AvgIpc) is 2.71. The topological polar surface area (TPSA) is 36.1 Å². The van der Waals surface area contributed by atoms with Gasteiger partial charge in [-0.05, 0) is 50.0 Å². The molecule has 6 unspecified atom stereocenters. The Balaban J connectivity index is 1.83. The number of piperidine rings is 1. The van der Waals surface area contributed by atoms with Crippen LogP contribution >= 0.6 is 0 Å². The maximum Gasteiger partial charge on any atom is 0.0622 e. The summed E-state index contributed by atoms with van der Waals surface area (Å²) in [4.78, 5) is 0. The molecule has 3 nitrogen and oxygen atoms in total. The first kappa shape index (κ1) is 11.0. The molecule has 0 radical (unpaired) electrons. The second-order valence-corrected chi connectivity index (χ2v) is 6.24. The fourth-order valence-electron chi connectivity index (χ4n) is 4.48. The Hall–Kier alpha value is -0.120.